The van der Waals surface area contributed by atoms with Crippen LogP contribution in [0, 0.1) is 6.92 Å². The summed E-state index contributed by atoms with van der Waals surface area (Å²) in [5.74, 6) is 0.629. The molecular weight excluding hydrogens is 428 g/mol. The van der Waals surface area contributed by atoms with Crippen molar-refractivity contribution in [1.82, 2.24) is 4.57 Å². The maximum atomic E-state index is 12.9. The molecule has 2 heterocycles. The molecule has 1 aromatic heterocycles. The van der Waals surface area contributed by atoms with E-state index in [1.165, 1.54) is 16.7 Å². The summed E-state index contributed by atoms with van der Waals surface area (Å²) in [6.45, 7) is 4.49. The van der Waals surface area contributed by atoms with Crippen molar-refractivity contribution in [3.63, 3.8) is 0 Å². The van der Waals surface area contributed by atoms with E-state index in [0.29, 0.717) is 30.2 Å². The van der Waals surface area contributed by atoms with E-state index in [9.17, 15) is 13.2 Å². The minimum Gasteiger partial charge on any atom is -0.486 e. The fraction of sp³-hybridized carbons (Fsp3) is 0.300. The highest BCUT2D eigenvalue weighted by Gasteiger charge is 2.20. The number of thiazole rings is 1. The molecule has 1 aliphatic heterocycles. The Labute approximate surface area is 177 Å². The molecule has 10 heteroatoms. The Kier molecular flexibility index (Phi) is 5.52. The fourth-order valence-corrected chi connectivity index (χ4v) is 5.27. The minimum atomic E-state index is -3.97. The number of benzene rings is 2. The van der Waals surface area contributed by atoms with E-state index in [0.717, 1.165) is 21.6 Å². The number of nitrogens with zero attached hydrogens (tertiary/aromatic N) is 2. The first-order valence-electron chi connectivity index (χ1n) is 9.33. The lowest BCUT2D eigenvalue weighted by atomic mass is 10.2. The van der Waals surface area contributed by atoms with Crippen molar-refractivity contribution < 1.29 is 27.4 Å². The molecule has 158 valence electrons. The number of carbonyl (C=O) groups excluding carboxylic acids is 1. The number of hydrogen-bond acceptors (Lipinski definition) is 7. The molecule has 0 bridgehead atoms. The maximum Gasteiger partial charge on any atom is 0.326 e. The highest BCUT2D eigenvalue weighted by Crippen LogP contribution is 2.35. The van der Waals surface area contributed by atoms with Gasteiger partial charge in [-0.2, -0.15) is 8.42 Å². The SMILES string of the molecule is CCOC(=O)Cn1c(=NS(=O)(=O)c2ccc(C)cc2)sc2cc3c(cc21)OCCO3. The molecule has 30 heavy (non-hydrogen) atoms. The fourth-order valence-electron chi connectivity index (χ4n) is 3.03. The highest BCUT2D eigenvalue weighted by molar-refractivity contribution is 7.90. The number of rotatable bonds is 5. The summed E-state index contributed by atoms with van der Waals surface area (Å²) in [6, 6.07) is 9.95. The van der Waals surface area contributed by atoms with Crippen LogP contribution in [0.2, 0.25) is 0 Å². The van der Waals surface area contributed by atoms with Gasteiger partial charge in [-0.15, -0.1) is 4.40 Å². The van der Waals surface area contributed by atoms with E-state index < -0.39 is 16.0 Å². The van der Waals surface area contributed by atoms with Crippen LogP contribution in [0.4, 0.5) is 0 Å². The van der Waals surface area contributed by atoms with Crippen molar-refractivity contribution in [1.29, 1.82) is 0 Å². The lowest BCUT2D eigenvalue weighted by molar-refractivity contribution is -0.143. The van der Waals surface area contributed by atoms with Gasteiger partial charge in [0.05, 0.1) is 21.7 Å². The molecule has 3 aromatic rings. The van der Waals surface area contributed by atoms with Gasteiger partial charge in [-0.05, 0) is 26.0 Å². The summed E-state index contributed by atoms with van der Waals surface area (Å²) in [7, 11) is -3.97. The smallest absolute Gasteiger partial charge is 0.326 e. The van der Waals surface area contributed by atoms with E-state index in [-0.39, 0.29) is 22.8 Å². The summed E-state index contributed by atoms with van der Waals surface area (Å²) in [5, 5.41) is 0. The Hall–Kier alpha value is -2.85. The zero-order valence-corrected chi connectivity index (χ0v) is 18.1. The van der Waals surface area contributed by atoms with Gasteiger partial charge in [0.25, 0.3) is 10.0 Å². The number of hydrogen-bond donors (Lipinski definition) is 0. The first-order valence-corrected chi connectivity index (χ1v) is 11.6. The Morgan fingerprint density at radius 2 is 1.83 bits per heavy atom. The average Bonchev–Trinajstić information content (AvgIpc) is 3.02. The van der Waals surface area contributed by atoms with Crippen LogP contribution in [-0.2, 0) is 26.1 Å². The van der Waals surface area contributed by atoms with Gasteiger partial charge in [-0.1, -0.05) is 29.0 Å². The molecule has 2 aromatic carbocycles. The van der Waals surface area contributed by atoms with Gasteiger partial charge in [0.2, 0.25) is 4.80 Å². The summed E-state index contributed by atoms with van der Waals surface area (Å²) in [6.07, 6.45) is 0. The van der Waals surface area contributed by atoms with E-state index in [1.54, 1.807) is 31.2 Å². The van der Waals surface area contributed by atoms with Gasteiger partial charge in [0.1, 0.15) is 19.8 Å². The molecule has 0 aliphatic carbocycles. The first-order chi connectivity index (χ1) is 14.4. The van der Waals surface area contributed by atoms with Crippen LogP contribution in [0.1, 0.15) is 12.5 Å². The molecule has 0 saturated carbocycles. The number of aromatic nitrogens is 1. The third kappa shape index (κ3) is 4.05. The van der Waals surface area contributed by atoms with Gasteiger partial charge >= 0.3 is 5.97 Å². The lowest BCUT2D eigenvalue weighted by Crippen LogP contribution is -2.23. The molecule has 0 saturated heterocycles. The van der Waals surface area contributed by atoms with Crippen LogP contribution in [0.15, 0.2) is 45.7 Å². The molecule has 8 nitrogen and oxygen atoms in total. The molecule has 1 aliphatic rings. The van der Waals surface area contributed by atoms with E-state index in [1.807, 2.05) is 6.92 Å². The summed E-state index contributed by atoms with van der Waals surface area (Å²) < 4.78 is 48.3. The molecule has 0 atom stereocenters. The number of carbonyl (C=O) groups is 1. The summed E-state index contributed by atoms with van der Waals surface area (Å²) >= 11 is 1.16. The number of sulfonamides is 1. The normalized spacial score (nSPS) is 14.1. The van der Waals surface area contributed by atoms with Gasteiger partial charge in [-0.25, -0.2) is 0 Å². The van der Waals surface area contributed by atoms with E-state index >= 15 is 0 Å². The van der Waals surface area contributed by atoms with Gasteiger partial charge in [-0.3, -0.25) is 4.79 Å². The molecule has 0 spiro atoms. The van der Waals surface area contributed by atoms with Crippen molar-refractivity contribution in [2.24, 2.45) is 4.40 Å². The summed E-state index contributed by atoms with van der Waals surface area (Å²) in [4.78, 5) is 12.4. The van der Waals surface area contributed by atoms with Crippen LogP contribution in [-0.4, -0.2) is 38.8 Å². The average molecular weight is 449 g/mol. The molecular formula is C20H20N2O6S2. The second kappa shape index (κ2) is 8.11. The van der Waals surface area contributed by atoms with Gasteiger partial charge < -0.3 is 18.8 Å². The van der Waals surface area contributed by atoms with Crippen molar-refractivity contribution in [2.45, 2.75) is 25.3 Å². The van der Waals surface area contributed by atoms with Crippen molar-refractivity contribution >= 4 is 37.5 Å². The largest absolute Gasteiger partial charge is 0.486 e. The molecule has 0 fully saturated rings. The summed E-state index contributed by atoms with van der Waals surface area (Å²) in [5.41, 5.74) is 1.56. The third-order valence-corrected chi connectivity index (χ3v) is 6.89. The molecule has 0 radical (unpaired) electrons. The molecule has 4 rings (SSSR count). The number of esters is 1. The maximum absolute atomic E-state index is 12.9. The zero-order chi connectivity index (χ0) is 21.3. The second-order valence-corrected chi connectivity index (χ2v) is 9.23. The Bertz CT molecular complexity index is 1270. The quantitative estimate of drug-likeness (QED) is 0.557. The Morgan fingerprint density at radius 3 is 2.50 bits per heavy atom. The number of aryl methyl sites for hydroxylation is 1. The Balaban J connectivity index is 1.89. The standard InChI is InChI=1S/C20H20N2O6S2/c1-3-26-19(23)12-22-15-10-16-17(28-9-8-27-16)11-18(15)29-20(22)21-30(24,25)14-6-4-13(2)5-7-14/h4-7,10-11H,3,8-9,12H2,1-2H3. The van der Waals surface area contributed by atoms with Crippen LogP contribution in [0.3, 0.4) is 0 Å². The number of ether oxygens (including phenoxy) is 3. The molecule has 0 unspecified atom stereocenters. The Morgan fingerprint density at radius 1 is 1.17 bits per heavy atom. The molecule has 0 amide bonds. The van der Waals surface area contributed by atoms with Crippen LogP contribution in [0.25, 0.3) is 10.2 Å². The van der Waals surface area contributed by atoms with Crippen LogP contribution in [0.5, 0.6) is 11.5 Å². The van der Waals surface area contributed by atoms with Crippen molar-refractivity contribution in [3.05, 3.63) is 46.8 Å². The monoisotopic (exact) mass is 448 g/mol. The van der Waals surface area contributed by atoms with Crippen LogP contribution < -0.4 is 14.3 Å². The van der Waals surface area contributed by atoms with E-state index in [4.69, 9.17) is 14.2 Å². The van der Waals surface area contributed by atoms with Gasteiger partial charge in [0, 0.05) is 12.1 Å². The lowest BCUT2D eigenvalue weighted by Gasteiger charge is -2.18. The minimum absolute atomic E-state index is 0.0826. The molecule has 0 N–H and O–H groups in total. The van der Waals surface area contributed by atoms with Gasteiger partial charge in [0.15, 0.2) is 11.5 Å². The zero-order valence-electron chi connectivity index (χ0n) is 16.5. The van der Waals surface area contributed by atoms with E-state index in [2.05, 4.69) is 4.40 Å². The first kappa shape index (κ1) is 20.4. The van der Waals surface area contributed by atoms with Crippen LogP contribution >= 0.6 is 11.3 Å². The van der Waals surface area contributed by atoms with Crippen molar-refractivity contribution in [3.8, 4) is 11.5 Å². The number of fused-ring (bicyclic) bond motifs is 2. The van der Waals surface area contributed by atoms with Crippen molar-refractivity contribution in [2.75, 3.05) is 19.8 Å². The third-order valence-electron chi connectivity index (χ3n) is 4.46. The highest BCUT2D eigenvalue weighted by atomic mass is 32.2. The second-order valence-electron chi connectivity index (χ2n) is 6.62. The predicted octanol–water partition coefficient (Wildman–Crippen LogP) is 2.64. The topological polar surface area (TPSA) is 96.2 Å². The predicted molar refractivity (Wildman–Crippen MR) is 111 cm³/mol.